The highest BCUT2D eigenvalue weighted by Gasteiger charge is 2.44. The van der Waals surface area contributed by atoms with Gasteiger partial charge in [0.25, 0.3) is 0 Å². The van der Waals surface area contributed by atoms with Crippen molar-refractivity contribution in [2.75, 3.05) is 19.8 Å². The van der Waals surface area contributed by atoms with Crippen molar-refractivity contribution in [1.29, 1.82) is 0 Å². The number of thiazole rings is 1. The Bertz CT molecular complexity index is 1240. The number of aliphatic hydroxyl groups excluding tert-OH is 1. The molecule has 1 aliphatic rings. The highest BCUT2D eigenvalue weighted by atomic mass is 32.1. The molecule has 0 aliphatic carbocycles. The van der Waals surface area contributed by atoms with Crippen LogP contribution in [-0.4, -0.2) is 81.7 Å². The summed E-state index contributed by atoms with van der Waals surface area (Å²) in [7, 11) is 0. The van der Waals surface area contributed by atoms with Gasteiger partial charge in [0.2, 0.25) is 17.7 Å². The third kappa shape index (κ3) is 9.07. The Morgan fingerprint density at radius 3 is 2.43 bits per heavy atom. The first-order valence-electron chi connectivity index (χ1n) is 14.2. The Labute approximate surface area is 250 Å². The zero-order chi connectivity index (χ0) is 31.0. The number of aromatic nitrogens is 1. The predicted octanol–water partition coefficient (Wildman–Crippen LogP) is 3.06. The van der Waals surface area contributed by atoms with Crippen molar-refractivity contribution in [1.82, 2.24) is 20.5 Å². The van der Waals surface area contributed by atoms with E-state index in [1.165, 1.54) is 4.90 Å². The van der Waals surface area contributed by atoms with Gasteiger partial charge in [0.15, 0.2) is 0 Å². The second-order valence-electron chi connectivity index (χ2n) is 11.8. The summed E-state index contributed by atoms with van der Waals surface area (Å²) in [5, 5.41) is 24.9. The molecule has 0 radical (unpaired) electrons. The molecule has 12 heteroatoms. The Kier molecular flexibility index (Phi) is 11.6. The largest absolute Gasteiger partial charge is 0.481 e. The number of benzene rings is 1. The number of nitrogens with zero attached hydrogens (tertiary/aromatic N) is 2. The van der Waals surface area contributed by atoms with Crippen molar-refractivity contribution < 1.29 is 34.1 Å². The highest BCUT2D eigenvalue weighted by molar-refractivity contribution is 7.13. The summed E-state index contributed by atoms with van der Waals surface area (Å²) < 4.78 is 5.36. The summed E-state index contributed by atoms with van der Waals surface area (Å²) in [4.78, 5) is 57.1. The quantitative estimate of drug-likeness (QED) is 0.255. The number of nitrogens with one attached hydrogen (secondary N) is 2. The normalized spacial score (nSPS) is 18.4. The molecular formula is C30H42N4O7S. The van der Waals surface area contributed by atoms with Crippen LogP contribution in [0.1, 0.15) is 70.7 Å². The van der Waals surface area contributed by atoms with Crippen LogP contribution < -0.4 is 10.6 Å². The first-order valence-corrected chi connectivity index (χ1v) is 15.0. The maximum atomic E-state index is 13.7. The smallest absolute Gasteiger partial charge is 0.303 e. The summed E-state index contributed by atoms with van der Waals surface area (Å²) in [5.74, 6) is -2.21. The fourth-order valence-electron chi connectivity index (χ4n) is 4.86. The average molecular weight is 603 g/mol. The number of hydrogen-bond acceptors (Lipinski definition) is 8. The van der Waals surface area contributed by atoms with Crippen LogP contribution in [0.4, 0.5) is 0 Å². The van der Waals surface area contributed by atoms with Crippen LogP contribution in [0.2, 0.25) is 0 Å². The number of rotatable bonds is 13. The number of hydrogen-bond donors (Lipinski definition) is 4. The van der Waals surface area contributed by atoms with Crippen LogP contribution in [0, 0.1) is 12.3 Å². The molecule has 4 N–H and O–H groups in total. The number of carboxylic acids is 1. The molecule has 3 amide bonds. The summed E-state index contributed by atoms with van der Waals surface area (Å²) in [6, 6.07) is 5.70. The predicted molar refractivity (Wildman–Crippen MR) is 159 cm³/mol. The number of amides is 3. The van der Waals surface area contributed by atoms with Crippen LogP contribution >= 0.6 is 11.3 Å². The van der Waals surface area contributed by atoms with E-state index in [1.54, 1.807) is 16.8 Å². The second kappa shape index (κ2) is 14.7. The number of β-amino-alcohol motifs (C(OH)–C–C–N with tert-alkyl or cyclic N) is 1. The Morgan fingerprint density at radius 1 is 1.14 bits per heavy atom. The van der Waals surface area contributed by atoms with Gasteiger partial charge < -0.3 is 30.5 Å². The van der Waals surface area contributed by atoms with E-state index in [-0.39, 0.29) is 44.5 Å². The molecule has 4 atom stereocenters. The first-order chi connectivity index (χ1) is 19.8. The van der Waals surface area contributed by atoms with Crippen LogP contribution in [0.15, 0.2) is 29.8 Å². The molecule has 1 aromatic heterocycles. The minimum atomic E-state index is -0.957. The zero-order valence-corrected chi connectivity index (χ0v) is 25.7. The summed E-state index contributed by atoms with van der Waals surface area (Å²) >= 11 is 1.57. The van der Waals surface area contributed by atoms with E-state index in [2.05, 4.69) is 15.6 Å². The number of ether oxygens (including phenoxy) is 1. The minimum absolute atomic E-state index is 0.0171. The van der Waals surface area contributed by atoms with Crippen molar-refractivity contribution in [3.63, 3.8) is 0 Å². The lowest BCUT2D eigenvalue weighted by Crippen LogP contribution is -2.58. The average Bonchev–Trinajstić information content (AvgIpc) is 3.53. The number of aliphatic carboxylic acids is 1. The maximum Gasteiger partial charge on any atom is 0.303 e. The Hall–Kier alpha value is -3.35. The molecule has 3 rings (SSSR count). The van der Waals surface area contributed by atoms with Crippen LogP contribution in [0.3, 0.4) is 0 Å². The number of carboxylic acid groups (broad SMARTS) is 1. The van der Waals surface area contributed by atoms with Gasteiger partial charge in [-0.25, -0.2) is 4.98 Å². The fourth-order valence-corrected chi connectivity index (χ4v) is 5.67. The van der Waals surface area contributed by atoms with Gasteiger partial charge in [-0.15, -0.1) is 11.3 Å². The zero-order valence-electron chi connectivity index (χ0n) is 24.9. The second-order valence-corrected chi connectivity index (χ2v) is 12.6. The van der Waals surface area contributed by atoms with Gasteiger partial charge in [-0.1, -0.05) is 45.0 Å². The molecule has 1 saturated heterocycles. The van der Waals surface area contributed by atoms with Crippen LogP contribution in [0.25, 0.3) is 10.4 Å². The van der Waals surface area contributed by atoms with Crippen molar-refractivity contribution in [2.45, 2.75) is 84.5 Å². The number of aliphatic hydroxyl groups is 1. The molecule has 42 heavy (non-hydrogen) atoms. The van der Waals surface area contributed by atoms with Crippen molar-refractivity contribution in [2.24, 2.45) is 5.41 Å². The van der Waals surface area contributed by atoms with Gasteiger partial charge in [0.1, 0.15) is 18.7 Å². The molecular weight excluding hydrogens is 560 g/mol. The maximum absolute atomic E-state index is 13.7. The molecule has 1 aromatic carbocycles. The van der Waals surface area contributed by atoms with Gasteiger partial charge in [0.05, 0.1) is 28.2 Å². The molecule has 0 bridgehead atoms. The SMILES string of the molecule is Cc1ncsc1-c1ccc(C(C)NC(=O)C2CC(O)CN2C(=O)C(NC(=O)COCCCCC(=O)O)C(C)(C)C)cc1. The lowest BCUT2D eigenvalue weighted by Gasteiger charge is -2.35. The fraction of sp³-hybridized carbons (Fsp3) is 0.567. The molecule has 230 valence electrons. The van der Waals surface area contributed by atoms with E-state index in [1.807, 2.05) is 58.9 Å². The first kappa shape index (κ1) is 33.2. The molecule has 0 saturated carbocycles. The van der Waals surface area contributed by atoms with Crippen LogP contribution in [0.5, 0.6) is 0 Å². The summed E-state index contributed by atoms with van der Waals surface area (Å²) in [5.41, 5.74) is 4.03. The third-order valence-corrected chi connectivity index (χ3v) is 8.20. The molecule has 1 fully saturated rings. The molecule has 2 heterocycles. The van der Waals surface area contributed by atoms with Gasteiger partial charge in [-0.3, -0.25) is 19.2 Å². The van der Waals surface area contributed by atoms with E-state index in [0.29, 0.717) is 12.8 Å². The molecule has 1 aliphatic heterocycles. The van der Waals surface area contributed by atoms with E-state index in [0.717, 1.165) is 21.7 Å². The van der Waals surface area contributed by atoms with E-state index < -0.39 is 41.4 Å². The number of aryl methyl sites for hydroxylation is 1. The Balaban J connectivity index is 1.62. The summed E-state index contributed by atoms with van der Waals surface area (Å²) in [6.07, 6.45) is 0.200. The van der Waals surface area contributed by atoms with Gasteiger partial charge >= 0.3 is 5.97 Å². The lowest BCUT2D eigenvalue weighted by atomic mass is 9.85. The van der Waals surface area contributed by atoms with Gasteiger partial charge in [0, 0.05) is 26.0 Å². The van der Waals surface area contributed by atoms with E-state index in [9.17, 15) is 24.3 Å². The standard InChI is InChI=1S/C30H42N4O7S/c1-18(20-9-11-21(12-10-20)26-19(2)31-17-42-26)32-28(39)23-14-22(35)15-34(23)29(40)27(30(3,4)5)33-24(36)16-41-13-7-6-8-25(37)38/h9-12,17-18,22-23,27,35H,6-8,13-16H2,1-5H3,(H,32,39)(H,33,36)(H,37,38). The molecule has 2 aromatic rings. The van der Waals surface area contributed by atoms with Crippen molar-refractivity contribution in [3.8, 4) is 10.4 Å². The number of carbonyl (C=O) groups excluding carboxylic acids is 3. The van der Waals surface area contributed by atoms with E-state index >= 15 is 0 Å². The number of likely N-dealkylation sites (tertiary alicyclic amines) is 1. The molecule has 4 unspecified atom stereocenters. The number of unbranched alkanes of at least 4 members (excludes halogenated alkanes) is 1. The highest BCUT2D eigenvalue weighted by Crippen LogP contribution is 2.29. The monoisotopic (exact) mass is 602 g/mol. The lowest BCUT2D eigenvalue weighted by molar-refractivity contribution is -0.144. The van der Waals surface area contributed by atoms with Crippen molar-refractivity contribution >= 4 is 35.0 Å². The summed E-state index contributed by atoms with van der Waals surface area (Å²) in [6.45, 7) is 9.18. The molecule has 0 spiro atoms. The van der Waals surface area contributed by atoms with E-state index in [4.69, 9.17) is 9.84 Å². The van der Waals surface area contributed by atoms with Crippen LogP contribution in [-0.2, 0) is 23.9 Å². The Morgan fingerprint density at radius 2 is 1.83 bits per heavy atom. The topological polar surface area (TPSA) is 158 Å². The number of carbonyl (C=O) groups is 4. The van der Waals surface area contributed by atoms with Gasteiger partial charge in [-0.2, -0.15) is 0 Å². The molecule has 11 nitrogen and oxygen atoms in total. The third-order valence-electron chi connectivity index (χ3n) is 7.22. The minimum Gasteiger partial charge on any atom is -0.481 e. The van der Waals surface area contributed by atoms with Gasteiger partial charge in [-0.05, 0) is 43.2 Å². The van der Waals surface area contributed by atoms with Crippen molar-refractivity contribution in [3.05, 3.63) is 41.0 Å².